The molecule has 8 nitrogen and oxygen atoms in total. The lowest BCUT2D eigenvalue weighted by Gasteiger charge is -2.32. The van der Waals surface area contributed by atoms with Crippen LogP contribution in [0, 0.1) is 0 Å². The number of thiocarbonyl (C=S) groups is 1. The van der Waals surface area contributed by atoms with Gasteiger partial charge in [-0.1, -0.05) is 91.1 Å². The van der Waals surface area contributed by atoms with Crippen molar-refractivity contribution >= 4 is 35.2 Å². The maximum absolute atomic E-state index is 13.4. The van der Waals surface area contributed by atoms with Crippen molar-refractivity contribution in [1.29, 1.82) is 0 Å². The van der Waals surface area contributed by atoms with Gasteiger partial charge in [-0.2, -0.15) is 0 Å². The van der Waals surface area contributed by atoms with E-state index in [0.29, 0.717) is 18.0 Å². The molecule has 3 aromatic carbocycles. The first kappa shape index (κ1) is 30.2. The van der Waals surface area contributed by atoms with Crippen molar-refractivity contribution in [1.82, 2.24) is 15.5 Å². The minimum absolute atomic E-state index is 0.0382. The quantitative estimate of drug-likeness (QED) is 0.264. The fraction of sp³-hybridized carbons (Fsp3) is 0.353. The van der Waals surface area contributed by atoms with Gasteiger partial charge in [0.05, 0.1) is 18.1 Å². The summed E-state index contributed by atoms with van der Waals surface area (Å²) in [6, 6.07) is 24.6. The molecule has 0 unspecified atom stereocenters. The highest BCUT2D eigenvalue weighted by Crippen LogP contribution is 2.44. The number of esters is 1. The van der Waals surface area contributed by atoms with Gasteiger partial charge in [0.1, 0.15) is 18.2 Å². The van der Waals surface area contributed by atoms with Crippen LogP contribution in [0.2, 0.25) is 0 Å². The van der Waals surface area contributed by atoms with Crippen LogP contribution < -0.4 is 10.6 Å². The van der Waals surface area contributed by atoms with Crippen LogP contribution in [0.3, 0.4) is 0 Å². The number of nitrogens with zero attached hydrogens (tertiary/aromatic N) is 1. The fourth-order valence-corrected chi connectivity index (χ4v) is 6.41. The van der Waals surface area contributed by atoms with E-state index in [2.05, 4.69) is 34.9 Å². The van der Waals surface area contributed by atoms with Gasteiger partial charge in [-0.05, 0) is 54.5 Å². The first-order valence-electron chi connectivity index (χ1n) is 14.6. The molecule has 0 saturated carbocycles. The normalized spacial score (nSPS) is 16.5. The molecule has 3 aromatic rings. The van der Waals surface area contributed by atoms with E-state index in [9.17, 15) is 14.4 Å². The third kappa shape index (κ3) is 6.57. The lowest BCUT2D eigenvalue weighted by Crippen LogP contribution is -2.60. The van der Waals surface area contributed by atoms with Gasteiger partial charge in [-0.15, -0.1) is 0 Å². The van der Waals surface area contributed by atoms with E-state index in [1.165, 1.54) is 18.2 Å². The van der Waals surface area contributed by atoms with Crippen molar-refractivity contribution in [2.24, 2.45) is 0 Å². The first-order valence-corrected chi connectivity index (χ1v) is 15.0. The molecule has 1 aliphatic carbocycles. The molecule has 1 heterocycles. The summed E-state index contributed by atoms with van der Waals surface area (Å²) in [6.45, 7) is 4.12. The Labute approximate surface area is 257 Å². The van der Waals surface area contributed by atoms with Crippen molar-refractivity contribution < 1.29 is 23.9 Å². The van der Waals surface area contributed by atoms with Gasteiger partial charge in [0, 0.05) is 18.9 Å². The van der Waals surface area contributed by atoms with Crippen LogP contribution in [0.15, 0.2) is 78.9 Å². The third-order valence-electron chi connectivity index (χ3n) is 8.20. The van der Waals surface area contributed by atoms with Crippen molar-refractivity contribution in [3.8, 4) is 11.1 Å². The molecule has 0 radical (unpaired) electrons. The zero-order valence-electron chi connectivity index (χ0n) is 24.7. The number of hydrogen-bond acceptors (Lipinski definition) is 6. The molecule has 0 spiro atoms. The second-order valence-electron chi connectivity index (χ2n) is 11.5. The minimum atomic E-state index is -1.16. The van der Waals surface area contributed by atoms with Crippen molar-refractivity contribution in [2.75, 3.05) is 20.3 Å². The number of fused-ring (bicyclic) bond motifs is 3. The Morgan fingerprint density at radius 1 is 0.953 bits per heavy atom. The third-order valence-corrected chi connectivity index (χ3v) is 8.58. The first-order chi connectivity index (χ1) is 20.7. The van der Waals surface area contributed by atoms with Gasteiger partial charge in [0.25, 0.3) is 0 Å². The van der Waals surface area contributed by atoms with Gasteiger partial charge in [-0.3, -0.25) is 9.69 Å². The van der Waals surface area contributed by atoms with Crippen molar-refractivity contribution in [3.63, 3.8) is 0 Å². The number of carbonyl (C=O) groups excluding carboxylic acids is 3. The summed E-state index contributed by atoms with van der Waals surface area (Å²) in [5, 5.41) is 5.96. The van der Waals surface area contributed by atoms with E-state index in [1.807, 2.05) is 54.6 Å². The van der Waals surface area contributed by atoms with Gasteiger partial charge >= 0.3 is 12.1 Å². The van der Waals surface area contributed by atoms with Crippen molar-refractivity contribution in [2.45, 2.75) is 56.7 Å². The zero-order chi connectivity index (χ0) is 30.6. The maximum atomic E-state index is 13.4. The molecule has 2 atom stereocenters. The molecule has 1 fully saturated rings. The molecule has 1 saturated heterocycles. The number of methoxy groups -OCH3 is 1. The van der Waals surface area contributed by atoms with Crippen LogP contribution in [0.25, 0.3) is 11.1 Å². The van der Waals surface area contributed by atoms with E-state index < -0.39 is 35.6 Å². The van der Waals surface area contributed by atoms with Gasteiger partial charge in [0.15, 0.2) is 0 Å². The van der Waals surface area contributed by atoms with Crippen LogP contribution in [0.4, 0.5) is 4.79 Å². The van der Waals surface area contributed by atoms with E-state index in [1.54, 1.807) is 18.7 Å². The van der Waals surface area contributed by atoms with Crippen LogP contribution >= 0.6 is 12.2 Å². The van der Waals surface area contributed by atoms with E-state index in [0.717, 1.165) is 23.1 Å². The lowest BCUT2D eigenvalue weighted by molar-refractivity contribution is -0.145. The van der Waals surface area contributed by atoms with E-state index in [-0.39, 0.29) is 18.9 Å². The molecule has 0 aromatic heterocycles. The number of amides is 2. The molecule has 5 rings (SSSR count). The monoisotopic (exact) mass is 599 g/mol. The van der Waals surface area contributed by atoms with Gasteiger partial charge < -0.3 is 20.1 Å². The molecule has 2 aliphatic rings. The number of likely N-dealkylation sites (tertiary alicyclic amines) is 1. The largest absolute Gasteiger partial charge is 0.467 e. The Hall–Kier alpha value is -4.24. The summed E-state index contributed by atoms with van der Waals surface area (Å²) in [6.07, 6.45) is 1.29. The Morgan fingerprint density at radius 2 is 1.56 bits per heavy atom. The standard InChI is InChI=1S/C34H37N3O5S/c1-34(2,32(39)35-28(31(38)41-3)20-22-12-5-4-6-13-22)36-30(43)29-18-11-19-37(29)33(40)42-21-27-25-16-9-7-14-23(25)24-15-8-10-17-26(24)27/h4-10,12-17,27-29H,11,18-21H2,1-3H3,(H,35,39)(H,36,43)/t28-,29+/m0/s1. The topological polar surface area (TPSA) is 97.0 Å². The molecular weight excluding hydrogens is 562 g/mol. The molecular formula is C34H37N3O5S. The van der Waals surface area contributed by atoms with Crippen LogP contribution in [0.1, 0.15) is 49.3 Å². The molecule has 224 valence electrons. The number of ether oxygens (including phenoxy) is 2. The van der Waals surface area contributed by atoms with E-state index in [4.69, 9.17) is 21.7 Å². The molecule has 2 N–H and O–H groups in total. The Balaban J connectivity index is 1.21. The minimum Gasteiger partial charge on any atom is -0.467 e. The second-order valence-corrected chi connectivity index (χ2v) is 11.9. The summed E-state index contributed by atoms with van der Waals surface area (Å²) in [5.41, 5.74) is 4.37. The summed E-state index contributed by atoms with van der Waals surface area (Å²) in [7, 11) is 1.29. The number of hydrogen-bond donors (Lipinski definition) is 2. The highest BCUT2D eigenvalue weighted by molar-refractivity contribution is 7.80. The van der Waals surface area contributed by atoms with Crippen LogP contribution in [-0.2, 0) is 25.5 Å². The molecule has 1 aliphatic heterocycles. The van der Waals surface area contributed by atoms with Crippen molar-refractivity contribution in [3.05, 3.63) is 95.6 Å². The smallest absolute Gasteiger partial charge is 0.410 e. The predicted molar refractivity (Wildman–Crippen MR) is 169 cm³/mol. The van der Waals surface area contributed by atoms with Gasteiger partial charge in [0.2, 0.25) is 5.91 Å². The average Bonchev–Trinajstić information content (AvgIpc) is 3.63. The Morgan fingerprint density at radius 3 is 2.19 bits per heavy atom. The summed E-state index contributed by atoms with van der Waals surface area (Å²) in [4.78, 5) is 41.2. The number of rotatable bonds is 9. The second kappa shape index (κ2) is 13.0. The van der Waals surface area contributed by atoms with Gasteiger partial charge in [-0.25, -0.2) is 9.59 Å². The lowest BCUT2D eigenvalue weighted by atomic mass is 9.98. The zero-order valence-corrected chi connectivity index (χ0v) is 25.5. The highest BCUT2D eigenvalue weighted by Gasteiger charge is 2.39. The number of carbonyl (C=O) groups is 3. The summed E-state index contributed by atoms with van der Waals surface area (Å²) < 4.78 is 10.8. The molecule has 43 heavy (non-hydrogen) atoms. The molecule has 0 bridgehead atoms. The Kier molecular flexibility index (Phi) is 9.11. The maximum Gasteiger partial charge on any atom is 0.410 e. The average molecular weight is 600 g/mol. The van der Waals surface area contributed by atoms with E-state index >= 15 is 0 Å². The summed E-state index contributed by atoms with van der Waals surface area (Å²) >= 11 is 5.73. The summed E-state index contributed by atoms with van der Waals surface area (Å²) in [5.74, 6) is -0.983. The van der Waals surface area contributed by atoms with Crippen LogP contribution in [0.5, 0.6) is 0 Å². The SMILES string of the molecule is COC(=O)[C@H](Cc1ccccc1)NC(=O)C(C)(C)NC(=S)[C@H]1CCCN1C(=O)OCC1c2ccccc2-c2ccccc21. The Bertz CT molecular complexity index is 1460. The highest BCUT2D eigenvalue weighted by atomic mass is 32.1. The number of nitrogens with one attached hydrogen (secondary N) is 2. The molecule has 9 heteroatoms. The number of benzene rings is 3. The molecule has 2 amide bonds. The fourth-order valence-electron chi connectivity index (χ4n) is 5.91. The van der Waals surface area contributed by atoms with Crippen LogP contribution in [-0.4, -0.2) is 65.7 Å². The predicted octanol–water partition coefficient (Wildman–Crippen LogP) is 5.00.